The SMILES string of the molecule is CC(C)CC(CCCc1ccccc1)C(=O)NCC(F)(F)C(O)C(CC(C)C)NC(=O)OCc1ccccc1. The van der Waals surface area contributed by atoms with Crippen LogP contribution in [0.25, 0.3) is 0 Å². The number of aryl methyl sites for hydroxylation is 1. The van der Waals surface area contributed by atoms with Crippen molar-refractivity contribution in [3.05, 3.63) is 71.8 Å². The Kier molecular flexibility index (Phi) is 13.4. The maximum Gasteiger partial charge on any atom is 0.407 e. The number of ether oxygens (including phenoxy) is 1. The van der Waals surface area contributed by atoms with Gasteiger partial charge in [-0.1, -0.05) is 88.4 Å². The highest BCUT2D eigenvalue weighted by atomic mass is 19.3. The molecule has 0 saturated heterocycles. The van der Waals surface area contributed by atoms with Gasteiger partial charge in [-0.15, -0.1) is 0 Å². The highest BCUT2D eigenvalue weighted by Crippen LogP contribution is 2.25. The molecule has 0 radical (unpaired) electrons. The number of nitrogens with one attached hydrogen (secondary N) is 2. The lowest BCUT2D eigenvalue weighted by atomic mass is 9.90. The van der Waals surface area contributed by atoms with Gasteiger partial charge in [0.25, 0.3) is 5.92 Å². The molecule has 8 heteroatoms. The summed E-state index contributed by atoms with van der Waals surface area (Å²) < 4.78 is 35.4. The summed E-state index contributed by atoms with van der Waals surface area (Å²) in [5.41, 5.74) is 1.92. The zero-order valence-electron chi connectivity index (χ0n) is 23.5. The smallest absolute Gasteiger partial charge is 0.407 e. The molecule has 0 heterocycles. The lowest BCUT2D eigenvalue weighted by Gasteiger charge is -2.31. The zero-order chi connectivity index (χ0) is 28.8. The number of hydrogen-bond donors (Lipinski definition) is 3. The Labute approximate surface area is 231 Å². The van der Waals surface area contributed by atoms with E-state index < -0.39 is 42.5 Å². The van der Waals surface area contributed by atoms with Crippen LogP contribution in [-0.4, -0.2) is 41.7 Å². The fourth-order valence-electron chi connectivity index (χ4n) is 4.56. The lowest BCUT2D eigenvalue weighted by molar-refractivity contribution is -0.137. The van der Waals surface area contributed by atoms with Crippen LogP contribution in [0.1, 0.15) is 64.5 Å². The lowest BCUT2D eigenvalue weighted by Crippen LogP contribution is -2.56. The van der Waals surface area contributed by atoms with Gasteiger partial charge in [0.1, 0.15) is 12.7 Å². The average Bonchev–Trinajstić information content (AvgIpc) is 2.90. The maximum atomic E-state index is 15.1. The van der Waals surface area contributed by atoms with Gasteiger partial charge in [-0.2, -0.15) is 0 Å². The Balaban J connectivity index is 1.95. The highest BCUT2D eigenvalue weighted by molar-refractivity contribution is 5.78. The first-order chi connectivity index (χ1) is 18.5. The van der Waals surface area contributed by atoms with Gasteiger partial charge in [0.2, 0.25) is 5.91 Å². The number of benzene rings is 2. The molecular weight excluding hydrogens is 502 g/mol. The predicted octanol–water partition coefficient (Wildman–Crippen LogP) is 6.13. The number of aliphatic hydroxyl groups is 1. The summed E-state index contributed by atoms with van der Waals surface area (Å²) >= 11 is 0. The van der Waals surface area contributed by atoms with Crippen molar-refractivity contribution in [1.29, 1.82) is 0 Å². The van der Waals surface area contributed by atoms with Gasteiger partial charge in [0.05, 0.1) is 12.6 Å². The molecular formula is C31H44F2N2O4. The molecule has 3 unspecified atom stereocenters. The minimum atomic E-state index is -3.66. The van der Waals surface area contributed by atoms with Crippen LogP contribution in [0.15, 0.2) is 60.7 Å². The fraction of sp³-hybridized carbons (Fsp3) is 0.548. The van der Waals surface area contributed by atoms with Crippen molar-refractivity contribution < 1.29 is 28.2 Å². The van der Waals surface area contributed by atoms with Crippen molar-refractivity contribution in [3.8, 4) is 0 Å². The Bertz CT molecular complexity index is 987. The normalized spacial score (nSPS) is 14.1. The molecule has 3 atom stereocenters. The number of rotatable bonds is 16. The van der Waals surface area contributed by atoms with E-state index in [1.54, 1.807) is 24.3 Å². The standard InChI is InChI=1S/C31H44F2N2O4/c1-22(2)18-26(17-11-16-24-12-7-5-8-13-24)29(37)34-21-31(32,33)28(36)27(19-23(3)4)35-30(38)39-20-25-14-9-6-10-15-25/h5-10,12-15,22-23,26-28,36H,11,16-21H2,1-4H3,(H,34,37)(H,35,38). The van der Waals surface area contributed by atoms with Crippen molar-refractivity contribution in [3.63, 3.8) is 0 Å². The molecule has 0 spiro atoms. The van der Waals surface area contributed by atoms with E-state index in [1.807, 2.05) is 64.1 Å². The van der Waals surface area contributed by atoms with E-state index >= 15 is 8.78 Å². The first-order valence-electron chi connectivity index (χ1n) is 13.8. The van der Waals surface area contributed by atoms with E-state index in [9.17, 15) is 14.7 Å². The molecule has 0 aromatic heterocycles. The first kappa shape index (κ1) is 32.2. The highest BCUT2D eigenvalue weighted by Gasteiger charge is 2.44. The zero-order valence-corrected chi connectivity index (χ0v) is 23.5. The van der Waals surface area contributed by atoms with Gasteiger partial charge >= 0.3 is 6.09 Å². The van der Waals surface area contributed by atoms with Crippen molar-refractivity contribution in [2.45, 2.75) is 84.5 Å². The molecule has 6 nitrogen and oxygen atoms in total. The molecule has 2 aromatic carbocycles. The molecule has 3 N–H and O–H groups in total. The largest absolute Gasteiger partial charge is 0.445 e. The van der Waals surface area contributed by atoms with E-state index in [4.69, 9.17) is 4.74 Å². The summed E-state index contributed by atoms with van der Waals surface area (Å²) in [4.78, 5) is 25.3. The summed E-state index contributed by atoms with van der Waals surface area (Å²) in [7, 11) is 0. The second kappa shape index (κ2) is 16.2. The van der Waals surface area contributed by atoms with Gasteiger partial charge in [-0.3, -0.25) is 4.79 Å². The van der Waals surface area contributed by atoms with Gasteiger partial charge in [0.15, 0.2) is 0 Å². The number of aliphatic hydroxyl groups excluding tert-OH is 1. The molecule has 2 aromatic rings. The summed E-state index contributed by atoms with van der Waals surface area (Å²) in [6.07, 6.45) is -0.248. The molecule has 0 fully saturated rings. The third-order valence-corrected chi connectivity index (χ3v) is 6.54. The number of amides is 2. The van der Waals surface area contributed by atoms with Crippen molar-refractivity contribution in [2.24, 2.45) is 17.8 Å². The Morgan fingerprint density at radius 3 is 2.03 bits per heavy atom. The molecule has 216 valence electrons. The van der Waals surface area contributed by atoms with Crippen LogP contribution in [0, 0.1) is 17.8 Å². The van der Waals surface area contributed by atoms with Crippen LogP contribution in [0.3, 0.4) is 0 Å². The summed E-state index contributed by atoms with van der Waals surface area (Å²) in [6, 6.07) is 17.7. The summed E-state index contributed by atoms with van der Waals surface area (Å²) in [6.45, 7) is 6.57. The monoisotopic (exact) mass is 546 g/mol. The maximum absolute atomic E-state index is 15.1. The van der Waals surface area contributed by atoms with Gasteiger partial charge in [0, 0.05) is 5.92 Å². The average molecular weight is 547 g/mol. The summed E-state index contributed by atoms with van der Waals surface area (Å²) in [5.74, 6) is -4.36. The fourth-order valence-corrected chi connectivity index (χ4v) is 4.56. The van der Waals surface area contributed by atoms with Crippen LogP contribution < -0.4 is 10.6 Å². The molecule has 2 rings (SSSR count). The number of halogens is 2. The minimum Gasteiger partial charge on any atom is -0.445 e. The van der Waals surface area contributed by atoms with Crippen LogP contribution in [0.4, 0.5) is 13.6 Å². The third-order valence-electron chi connectivity index (χ3n) is 6.54. The molecule has 0 aliphatic heterocycles. The second-order valence-corrected chi connectivity index (χ2v) is 11.1. The van der Waals surface area contributed by atoms with E-state index in [2.05, 4.69) is 10.6 Å². The van der Waals surface area contributed by atoms with Gasteiger partial charge < -0.3 is 20.5 Å². The minimum absolute atomic E-state index is 0.0227. The molecule has 0 bridgehead atoms. The quantitative estimate of drug-likeness (QED) is 0.237. The van der Waals surface area contributed by atoms with Gasteiger partial charge in [-0.25, -0.2) is 13.6 Å². The molecule has 39 heavy (non-hydrogen) atoms. The van der Waals surface area contributed by atoms with Gasteiger partial charge in [-0.05, 0) is 55.1 Å². The molecule has 2 amide bonds. The van der Waals surface area contributed by atoms with E-state index in [0.717, 1.165) is 18.4 Å². The Morgan fingerprint density at radius 2 is 1.46 bits per heavy atom. The summed E-state index contributed by atoms with van der Waals surface area (Å²) in [5, 5.41) is 15.4. The predicted molar refractivity (Wildman–Crippen MR) is 149 cm³/mol. The van der Waals surface area contributed by atoms with E-state index in [-0.39, 0.29) is 24.9 Å². The third kappa shape index (κ3) is 12.2. The van der Waals surface area contributed by atoms with Crippen molar-refractivity contribution in [1.82, 2.24) is 10.6 Å². The number of hydrogen-bond acceptors (Lipinski definition) is 4. The second-order valence-electron chi connectivity index (χ2n) is 11.1. The number of carbonyl (C=O) groups excluding carboxylic acids is 2. The topological polar surface area (TPSA) is 87.7 Å². The van der Waals surface area contributed by atoms with Crippen LogP contribution in [-0.2, 0) is 22.6 Å². The number of alkyl halides is 2. The van der Waals surface area contributed by atoms with E-state index in [0.29, 0.717) is 12.8 Å². The molecule has 0 aliphatic rings. The van der Waals surface area contributed by atoms with Crippen LogP contribution >= 0.6 is 0 Å². The van der Waals surface area contributed by atoms with Crippen LogP contribution in [0.2, 0.25) is 0 Å². The van der Waals surface area contributed by atoms with Crippen molar-refractivity contribution >= 4 is 12.0 Å². The first-order valence-corrected chi connectivity index (χ1v) is 13.8. The molecule has 0 aliphatic carbocycles. The Morgan fingerprint density at radius 1 is 0.897 bits per heavy atom. The van der Waals surface area contributed by atoms with E-state index in [1.165, 1.54) is 5.56 Å². The number of carbonyl (C=O) groups is 2. The van der Waals surface area contributed by atoms with Crippen molar-refractivity contribution in [2.75, 3.05) is 6.54 Å². The Hall–Kier alpha value is -3.00. The molecule has 0 saturated carbocycles. The number of alkyl carbamates (subject to hydrolysis) is 1. The van der Waals surface area contributed by atoms with Crippen LogP contribution in [0.5, 0.6) is 0 Å².